The van der Waals surface area contributed by atoms with E-state index in [0.29, 0.717) is 5.41 Å². The lowest BCUT2D eigenvalue weighted by Crippen LogP contribution is -2.24. The standard InChI is InChI=1S/C7H16N2/c1-3-7(4-2)5-8-9-6-7/h8-9H,3-6H2,1-2H3. The van der Waals surface area contributed by atoms with Crippen molar-refractivity contribution in [1.82, 2.24) is 10.9 Å². The molecule has 2 heteroatoms. The Hall–Kier alpha value is -0.0800. The second-order valence-corrected chi connectivity index (χ2v) is 2.91. The number of hydrazine groups is 1. The van der Waals surface area contributed by atoms with Crippen LogP contribution >= 0.6 is 0 Å². The highest BCUT2D eigenvalue weighted by atomic mass is 15.4. The number of hydrogen-bond donors (Lipinski definition) is 2. The smallest absolute Gasteiger partial charge is 0.0169 e. The van der Waals surface area contributed by atoms with Crippen molar-refractivity contribution < 1.29 is 0 Å². The van der Waals surface area contributed by atoms with E-state index in [9.17, 15) is 0 Å². The van der Waals surface area contributed by atoms with Gasteiger partial charge in [0.1, 0.15) is 0 Å². The van der Waals surface area contributed by atoms with Crippen molar-refractivity contribution in [1.29, 1.82) is 0 Å². The molecule has 2 nitrogen and oxygen atoms in total. The minimum Gasteiger partial charge on any atom is -0.257 e. The summed E-state index contributed by atoms with van der Waals surface area (Å²) in [6.07, 6.45) is 2.56. The second-order valence-electron chi connectivity index (χ2n) is 2.91. The van der Waals surface area contributed by atoms with Crippen LogP contribution in [-0.2, 0) is 0 Å². The zero-order valence-corrected chi connectivity index (χ0v) is 6.33. The molecule has 0 aromatic rings. The van der Waals surface area contributed by atoms with E-state index in [1.54, 1.807) is 0 Å². The fraction of sp³-hybridized carbons (Fsp3) is 1.00. The summed E-state index contributed by atoms with van der Waals surface area (Å²) >= 11 is 0. The van der Waals surface area contributed by atoms with Gasteiger partial charge in [0.25, 0.3) is 0 Å². The third kappa shape index (κ3) is 1.25. The molecule has 0 aromatic carbocycles. The van der Waals surface area contributed by atoms with Gasteiger partial charge in [-0.25, -0.2) is 0 Å². The van der Waals surface area contributed by atoms with Gasteiger partial charge < -0.3 is 0 Å². The molecule has 0 amide bonds. The molecule has 1 saturated heterocycles. The maximum atomic E-state index is 3.16. The molecule has 1 fully saturated rings. The Morgan fingerprint density at radius 2 is 1.56 bits per heavy atom. The van der Waals surface area contributed by atoms with Gasteiger partial charge in [0, 0.05) is 13.1 Å². The van der Waals surface area contributed by atoms with Gasteiger partial charge in [-0.2, -0.15) is 0 Å². The maximum absolute atomic E-state index is 3.16. The Kier molecular flexibility index (Phi) is 2.09. The molecule has 0 aliphatic carbocycles. The van der Waals surface area contributed by atoms with E-state index >= 15 is 0 Å². The Labute approximate surface area is 57.0 Å². The van der Waals surface area contributed by atoms with Gasteiger partial charge in [0.15, 0.2) is 0 Å². The first kappa shape index (κ1) is 7.03. The zero-order valence-electron chi connectivity index (χ0n) is 6.33. The summed E-state index contributed by atoms with van der Waals surface area (Å²) in [6.45, 7) is 6.80. The van der Waals surface area contributed by atoms with Crippen molar-refractivity contribution >= 4 is 0 Å². The lowest BCUT2D eigenvalue weighted by molar-refractivity contribution is 0.318. The van der Waals surface area contributed by atoms with Crippen molar-refractivity contribution in [3.05, 3.63) is 0 Å². The first-order chi connectivity index (χ1) is 4.33. The Morgan fingerprint density at radius 1 is 1.11 bits per heavy atom. The van der Waals surface area contributed by atoms with Crippen LogP contribution in [0, 0.1) is 5.41 Å². The highest BCUT2D eigenvalue weighted by Crippen LogP contribution is 2.26. The van der Waals surface area contributed by atoms with Crippen LogP contribution in [0.25, 0.3) is 0 Å². The van der Waals surface area contributed by atoms with Crippen LogP contribution in [0.2, 0.25) is 0 Å². The summed E-state index contributed by atoms with van der Waals surface area (Å²) in [4.78, 5) is 0. The normalized spacial score (nSPS) is 24.7. The monoisotopic (exact) mass is 128 g/mol. The van der Waals surface area contributed by atoms with Crippen molar-refractivity contribution in [3.8, 4) is 0 Å². The van der Waals surface area contributed by atoms with Crippen LogP contribution in [0.3, 0.4) is 0 Å². The summed E-state index contributed by atoms with van der Waals surface area (Å²) in [5.41, 5.74) is 6.89. The molecule has 1 aliphatic rings. The van der Waals surface area contributed by atoms with E-state index in [4.69, 9.17) is 0 Å². The van der Waals surface area contributed by atoms with E-state index in [-0.39, 0.29) is 0 Å². The molecule has 1 aliphatic heterocycles. The Bertz CT molecular complexity index is 78.9. The largest absolute Gasteiger partial charge is 0.257 e. The predicted molar refractivity (Wildman–Crippen MR) is 39.0 cm³/mol. The molecule has 54 valence electrons. The SMILES string of the molecule is CCC1(CC)CNNC1. The summed E-state index contributed by atoms with van der Waals surface area (Å²) in [7, 11) is 0. The molecule has 0 unspecified atom stereocenters. The van der Waals surface area contributed by atoms with Gasteiger partial charge in [-0.1, -0.05) is 13.8 Å². The third-order valence-corrected chi connectivity index (χ3v) is 2.55. The predicted octanol–water partition coefficient (Wildman–Crippen LogP) is 0.901. The van der Waals surface area contributed by atoms with Crippen LogP contribution in [0.5, 0.6) is 0 Å². The number of nitrogens with one attached hydrogen (secondary N) is 2. The van der Waals surface area contributed by atoms with Gasteiger partial charge >= 0.3 is 0 Å². The molecule has 0 saturated carbocycles. The van der Waals surface area contributed by atoms with Crippen molar-refractivity contribution in [3.63, 3.8) is 0 Å². The molecule has 9 heavy (non-hydrogen) atoms. The fourth-order valence-electron chi connectivity index (χ4n) is 1.31. The summed E-state index contributed by atoms with van der Waals surface area (Å²) in [5.74, 6) is 0. The minimum absolute atomic E-state index is 0.556. The quantitative estimate of drug-likeness (QED) is 0.577. The summed E-state index contributed by atoms with van der Waals surface area (Å²) in [5, 5.41) is 0. The van der Waals surface area contributed by atoms with Crippen molar-refractivity contribution in [2.75, 3.05) is 13.1 Å². The molecule has 0 bridgehead atoms. The summed E-state index contributed by atoms with van der Waals surface area (Å²) < 4.78 is 0. The van der Waals surface area contributed by atoms with Crippen LogP contribution < -0.4 is 10.9 Å². The molecule has 2 N–H and O–H groups in total. The Morgan fingerprint density at radius 3 is 1.78 bits per heavy atom. The molecule has 1 heterocycles. The van der Waals surface area contributed by atoms with E-state index in [0.717, 1.165) is 13.1 Å². The van der Waals surface area contributed by atoms with Crippen molar-refractivity contribution in [2.45, 2.75) is 26.7 Å². The molecule has 0 radical (unpaired) electrons. The van der Waals surface area contributed by atoms with Gasteiger partial charge in [-0.3, -0.25) is 10.9 Å². The van der Waals surface area contributed by atoms with Crippen LogP contribution in [0.1, 0.15) is 26.7 Å². The van der Waals surface area contributed by atoms with Crippen LogP contribution in [0.15, 0.2) is 0 Å². The third-order valence-electron chi connectivity index (χ3n) is 2.55. The highest BCUT2D eigenvalue weighted by Gasteiger charge is 2.29. The fourth-order valence-corrected chi connectivity index (χ4v) is 1.31. The van der Waals surface area contributed by atoms with E-state index in [2.05, 4.69) is 24.7 Å². The highest BCUT2D eigenvalue weighted by molar-refractivity contribution is 4.84. The van der Waals surface area contributed by atoms with E-state index in [1.165, 1.54) is 12.8 Å². The molecular weight excluding hydrogens is 112 g/mol. The minimum atomic E-state index is 0.556. The average molecular weight is 128 g/mol. The van der Waals surface area contributed by atoms with E-state index in [1.807, 2.05) is 0 Å². The number of hydrogen-bond acceptors (Lipinski definition) is 2. The molecule has 0 spiro atoms. The second kappa shape index (κ2) is 2.67. The molecular formula is C7H16N2. The first-order valence-corrected chi connectivity index (χ1v) is 3.79. The van der Waals surface area contributed by atoms with Crippen LogP contribution in [0.4, 0.5) is 0 Å². The molecule has 0 atom stereocenters. The summed E-state index contributed by atoms with van der Waals surface area (Å²) in [6, 6.07) is 0. The lowest BCUT2D eigenvalue weighted by atomic mass is 9.84. The van der Waals surface area contributed by atoms with Crippen LogP contribution in [-0.4, -0.2) is 13.1 Å². The maximum Gasteiger partial charge on any atom is 0.0169 e. The topological polar surface area (TPSA) is 24.1 Å². The Balaban J connectivity index is 2.45. The van der Waals surface area contributed by atoms with Gasteiger partial charge in [0.05, 0.1) is 0 Å². The lowest BCUT2D eigenvalue weighted by Gasteiger charge is -2.22. The molecule has 0 aromatic heterocycles. The van der Waals surface area contributed by atoms with E-state index < -0.39 is 0 Å². The average Bonchev–Trinajstić information content (AvgIpc) is 2.36. The van der Waals surface area contributed by atoms with Crippen molar-refractivity contribution in [2.24, 2.45) is 5.41 Å². The zero-order chi connectivity index (χ0) is 6.74. The van der Waals surface area contributed by atoms with Gasteiger partial charge in [-0.15, -0.1) is 0 Å². The van der Waals surface area contributed by atoms with Gasteiger partial charge in [0.2, 0.25) is 0 Å². The van der Waals surface area contributed by atoms with Gasteiger partial charge in [-0.05, 0) is 18.3 Å². The first-order valence-electron chi connectivity index (χ1n) is 3.79. The molecule has 1 rings (SSSR count). The number of rotatable bonds is 2.